The minimum Gasteiger partial charge on any atom is -0.309 e. The van der Waals surface area contributed by atoms with E-state index in [0.717, 1.165) is 12.6 Å². The van der Waals surface area contributed by atoms with E-state index in [4.69, 9.17) is 0 Å². The van der Waals surface area contributed by atoms with Crippen LogP contribution in [0.3, 0.4) is 0 Å². The summed E-state index contributed by atoms with van der Waals surface area (Å²) < 4.78 is 0. The first kappa shape index (κ1) is 12.1. The number of aryl methyl sites for hydroxylation is 1. The molecule has 1 fully saturated rings. The molecule has 0 aliphatic carbocycles. The van der Waals surface area contributed by atoms with E-state index in [0.29, 0.717) is 0 Å². The Morgan fingerprint density at radius 3 is 2.69 bits per heavy atom. The quantitative estimate of drug-likeness (QED) is 0.867. The zero-order chi connectivity index (χ0) is 11.4. The van der Waals surface area contributed by atoms with Gasteiger partial charge in [0, 0.05) is 22.3 Å². The molecule has 0 saturated carbocycles. The van der Waals surface area contributed by atoms with Gasteiger partial charge in [0.1, 0.15) is 0 Å². The van der Waals surface area contributed by atoms with Gasteiger partial charge in [0.15, 0.2) is 0 Å². The summed E-state index contributed by atoms with van der Waals surface area (Å²) in [5.41, 5.74) is 0. The third kappa shape index (κ3) is 3.30. The number of thiophene rings is 1. The molecular formula is C13H22N2S. The summed E-state index contributed by atoms with van der Waals surface area (Å²) in [5, 5.41) is 3.68. The maximum atomic E-state index is 3.68. The van der Waals surface area contributed by atoms with E-state index in [1.54, 1.807) is 0 Å². The van der Waals surface area contributed by atoms with Crippen LogP contribution >= 0.6 is 11.3 Å². The Balaban J connectivity index is 1.71. The normalized spacial score (nSPS) is 19.1. The van der Waals surface area contributed by atoms with Crippen LogP contribution in [0.2, 0.25) is 0 Å². The summed E-state index contributed by atoms with van der Waals surface area (Å²) in [7, 11) is 0. The van der Waals surface area contributed by atoms with E-state index in [1.165, 1.54) is 42.2 Å². The number of nitrogens with zero attached hydrogens (tertiary/aromatic N) is 1. The zero-order valence-corrected chi connectivity index (χ0v) is 11.1. The zero-order valence-electron chi connectivity index (χ0n) is 10.3. The summed E-state index contributed by atoms with van der Waals surface area (Å²) in [5.74, 6) is 0. The molecule has 1 aliphatic heterocycles. The first-order chi connectivity index (χ1) is 7.78. The minimum absolute atomic E-state index is 0.727. The minimum atomic E-state index is 0.727. The molecule has 2 heterocycles. The average molecular weight is 238 g/mol. The summed E-state index contributed by atoms with van der Waals surface area (Å²) in [6.45, 7) is 9.21. The van der Waals surface area contributed by atoms with E-state index < -0.39 is 0 Å². The molecule has 3 heteroatoms. The highest BCUT2D eigenvalue weighted by molar-refractivity contribution is 7.11. The third-order valence-corrected chi connectivity index (χ3v) is 4.40. The molecule has 1 saturated heterocycles. The molecule has 0 spiro atoms. The number of piperidine rings is 1. The van der Waals surface area contributed by atoms with E-state index in [1.807, 2.05) is 11.3 Å². The van der Waals surface area contributed by atoms with Crippen LogP contribution in [0.15, 0.2) is 12.1 Å². The van der Waals surface area contributed by atoms with Crippen molar-refractivity contribution in [2.45, 2.75) is 39.3 Å². The Morgan fingerprint density at radius 2 is 2.12 bits per heavy atom. The molecular weight excluding hydrogens is 216 g/mol. The fourth-order valence-corrected chi connectivity index (χ4v) is 3.12. The van der Waals surface area contributed by atoms with Crippen LogP contribution in [-0.2, 0) is 6.54 Å². The number of likely N-dealkylation sites (tertiary alicyclic amines) is 1. The van der Waals surface area contributed by atoms with Crippen LogP contribution in [0, 0.1) is 6.92 Å². The maximum absolute atomic E-state index is 3.68. The highest BCUT2D eigenvalue weighted by Gasteiger charge is 2.17. The first-order valence-electron chi connectivity index (χ1n) is 6.29. The lowest BCUT2D eigenvalue weighted by Crippen LogP contribution is -2.41. The molecule has 0 bridgehead atoms. The molecule has 1 N–H and O–H groups in total. The fourth-order valence-electron chi connectivity index (χ4n) is 2.28. The Morgan fingerprint density at radius 1 is 1.38 bits per heavy atom. The highest BCUT2D eigenvalue weighted by atomic mass is 32.1. The van der Waals surface area contributed by atoms with Gasteiger partial charge in [-0.1, -0.05) is 6.92 Å². The number of nitrogens with one attached hydrogen (secondary N) is 1. The van der Waals surface area contributed by atoms with Gasteiger partial charge in [-0.2, -0.15) is 0 Å². The average Bonchev–Trinajstić information content (AvgIpc) is 2.73. The van der Waals surface area contributed by atoms with Crippen molar-refractivity contribution in [2.75, 3.05) is 19.6 Å². The first-order valence-corrected chi connectivity index (χ1v) is 7.10. The second-order valence-electron chi connectivity index (χ2n) is 4.60. The lowest BCUT2D eigenvalue weighted by atomic mass is 10.1. The fraction of sp³-hybridized carbons (Fsp3) is 0.692. The number of hydrogen-bond donors (Lipinski definition) is 1. The van der Waals surface area contributed by atoms with Gasteiger partial charge >= 0.3 is 0 Å². The Labute approximate surface area is 103 Å². The Kier molecular flexibility index (Phi) is 4.38. The lowest BCUT2D eigenvalue weighted by Gasteiger charge is -2.31. The van der Waals surface area contributed by atoms with Crippen LogP contribution < -0.4 is 5.32 Å². The lowest BCUT2D eigenvalue weighted by molar-refractivity contribution is 0.206. The van der Waals surface area contributed by atoms with Crippen molar-refractivity contribution in [1.29, 1.82) is 0 Å². The van der Waals surface area contributed by atoms with Crippen LogP contribution in [0.1, 0.15) is 29.5 Å². The second-order valence-corrected chi connectivity index (χ2v) is 5.97. The molecule has 0 radical (unpaired) electrons. The van der Waals surface area contributed by atoms with E-state index >= 15 is 0 Å². The van der Waals surface area contributed by atoms with E-state index in [-0.39, 0.29) is 0 Å². The standard InChI is InChI=1S/C13H22N2S/c1-3-15-8-6-12(7-9-15)14-10-13-5-4-11(2)16-13/h4-5,12,14H,3,6-10H2,1-2H3. The smallest absolute Gasteiger partial charge is 0.0302 e. The molecule has 1 aliphatic rings. The summed E-state index contributed by atoms with van der Waals surface area (Å²) >= 11 is 1.91. The highest BCUT2D eigenvalue weighted by Crippen LogP contribution is 2.16. The van der Waals surface area contributed by atoms with Gasteiger partial charge in [-0.05, 0) is 51.5 Å². The Bertz CT molecular complexity index is 313. The van der Waals surface area contributed by atoms with Gasteiger partial charge in [-0.3, -0.25) is 0 Å². The molecule has 16 heavy (non-hydrogen) atoms. The van der Waals surface area contributed by atoms with Gasteiger partial charge in [0.05, 0.1) is 0 Å². The number of rotatable bonds is 4. The monoisotopic (exact) mass is 238 g/mol. The molecule has 0 atom stereocenters. The van der Waals surface area contributed by atoms with Gasteiger partial charge < -0.3 is 10.2 Å². The van der Waals surface area contributed by atoms with Gasteiger partial charge in [-0.15, -0.1) is 11.3 Å². The maximum Gasteiger partial charge on any atom is 0.0302 e. The van der Waals surface area contributed by atoms with Crippen molar-refractivity contribution < 1.29 is 0 Å². The van der Waals surface area contributed by atoms with Crippen molar-refractivity contribution in [3.8, 4) is 0 Å². The molecule has 0 amide bonds. The second kappa shape index (κ2) is 5.80. The van der Waals surface area contributed by atoms with Crippen molar-refractivity contribution in [1.82, 2.24) is 10.2 Å². The molecule has 1 aromatic heterocycles. The summed E-state index contributed by atoms with van der Waals surface area (Å²) in [6.07, 6.45) is 2.61. The van der Waals surface area contributed by atoms with Gasteiger partial charge in [-0.25, -0.2) is 0 Å². The van der Waals surface area contributed by atoms with Crippen LogP contribution in [0.4, 0.5) is 0 Å². The van der Waals surface area contributed by atoms with Gasteiger partial charge in [0.2, 0.25) is 0 Å². The van der Waals surface area contributed by atoms with Crippen molar-refractivity contribution in [3.05, 3.63) is 21.9 Å². The van der Waals surface area contributed by atoms with E-state index in [9.17, 15) is 0 Å². The van der Waals surface area contributed by atoms with Crippen LogP contribution in [0.5, 0.6) is 0 Å². The largest absolute Gasteiger partial charge is 0.309 e. The third-order valence-electron chi connectivity index (χ3n) is 3.40. The molecule has 1 aromatic rings. The molecule has 0 unspecified atom stereocenters. The topological polar surface area (TPSA) is 15.3 Å². The molecule has 2 rings (SSSR count). The van der Waals surface area contributed by atoms with Crippen LogP contribution in [0.25, 0.3) is 0 Å². The SMILES string of the molecule is CCN1CCC(NCc2ccc(C)s2)CC1. The van der Waals surface area contributed by atoms with Crippen molar-refractivity contribution in [2.24, 2.45) is 0 Å². The molecule has 2 nitrogen and oxygen atoms in total. The van der Waals surface area contributed by atoms with Gasteiger partial charge in [0.25, 0.3) is 0 Å². The number of hydrogen-bond acceptors (Lipinski definition) is 3. The molecule has 90 valence electrons. The summed E-state index contributed by atoms with van der Waals surface area (Å²) in [6, 6.07) is 5.18. The predicted octanol–water partition coefficient (Wildman–Crippen LogP) is 2.63. The summed E-state index contributed by atoms with van der Waals surface area (Å²) in [4.78, 5) is 5.42. The molecule has 0 aromatic carbocycles. The van der Waals surface area contributed by atoms with E-state index in [2.05, 4.69) is 36.2 Å². The van der Waals surface area contributed by atoms with Crippen LogP contribution in [-0.4, -0.2) is 30.6 Å². The van der Waals surface area contributed by atoms with Crippen molar-refractivity contribution in [3.63, 3.8) is 0 Å². The predicted molar refractivity (Wildman–Crippen MR) is 71.0 cm³/mol. The van der Waals surface area contributed by atoms with Crippen molar-refractivity contribution >= 4 is 11.3 Å². The Hall–Kier alpha value is -0.380.